The van der Waals surface area contributed by atoms with Crippen LogP contribution >= 0.6 is 15.9 Å². The van der Waals surface area contributed by atoms with Crippen molar-refractivity contribution in [2.45, 2.75) is 39.7 Å². The number of nitrogens with zero attached hydrogens (tertiary/aromatic N) is 2. The Hall–Kier alpha value is -1.96. The highest BCUT2D eigenvalue weighted by molar-refractivity contribution is 9.10. The van der Waals surface area contributed by atoms with Gasteiger partial charge < -0.3 is 14.2 Å². The van der Waals surface area contributed by atoms with Crippen molar-refractivity contribution in [3.8, 4) is 5.88 Å². The fraction of sp³-hybridized carbons (Fsp3) is 0.471. The van der Waals surface area contributed by atoms with Gasteiger partial charge in [-0.15, -0.1) is 0 Å². The third-order valence-corrected chi connectivity index (χ3v) is 3.44. The molecule has 0 unspecified atom stereocenters. The lowest BCUT2D eigenvalue weighted by Crippen LogP contribution is -2.25. The van der Waals surface area contributed by atoms with Crippen molar-refractivity contribution in [3.63, 3.8) is 0 Å². The van der Waals surface area contributed by atoms with Crippen LogP contribution in [-0.4, -0.2) is 34.9 Å². The summed E-state index contributed by atoms with van der Waals surface area (Å²) in [5, 5.41) is 0.446. The summed E-state index contributed by atoms with van der Waals surface area (Å²) in [5.74, 6) is 0.253. The molecule has 136 valence electrons. The predicted molar refractivity (Wildman–Crippen MR) is 94.3 cm³/mol. The second kappa shape index (κ2) is 7.95. The molecular weight excluding hydrogens is 395 g/mol. The monoisotopic (exact) mass is 414 g/mol. The minimum atomic E-state index is -0.772. The molecule has 0 atom stereocenters. The lowest BCUT2D eigenvalue weighted by Gasteiger charge is -2.18. The second-order valence-electron chi connectivity index (χ2n) is 6.24. The van der Waals surface area contributed by atoms with Crippen LogP contribution < -0.4 is 4.74 Å². The highest BCUT2D eigenvalue weighted by atomic mass is 79.9. The topological polar surface area (TPSA) is 70.5 Å². The smallest absolute Gasteiger partial charge is 0.474 e. The van der Waals surface area contributed by atoms with E-state index in [0.717, 1.165) is 0 Å². The van der Waals surface area contributed by atoms with Crippen LogP contribution in [0.3, 0.4) is 0 Å². The Morgan fingerprint density at radius 2 is 1.96 bits per heavy atom. The van der Waals surface area contributed by atoms with Gasteiger partial charge in [0.25, 0.3) is 0 Å². The highest BCUT2D eigenvalue weighted by Crippen LogP contribution is 2.28. The molecule has 8 heteroatoms. The molecule has 2 rings (SSSR count). The Balaban J connectivity index is 2.09. The van der Waals surface area contributed by atoms with E-state index in [-0.39, 0.29) is 24.6 Å². The van der Waals surface area contributed by atoms with E-state index in [0.29, 0.717) is 22.1 Å². The Morgan fingerprint density at radius 3 is 2.60 bits per heavy atom. The highest BCUT2D eigenvalue weighted by Gasteiger charge is 2.17. The SMILES string of the molecule is CCc1nc(OCCOC(=O)OC(C)(C)C)c2cc(Br)cc(F)c2n1. The van der Waals surface area contributed by atoms with Crippen LogP contribution in [0.2, 0.25) is 0 Å². The molecule has 0 aliphatic rings. The third kappa shape index (κ3) is 5.52. The minimum Gasteiger partial charge on any atom is -0.474 e. The molecule has 0 amide bonds. The van der Waals surface area contributed by atoms with Gasteiger partial charge in [-0.05, 0) is 32.9 Å². The summed E-state index contributed by atoms with van der Waals surface area (Å²) >= 11 is 3.24. The lowest BCUT2D eigenvalue weighted by atomic mass is 10.2. The van der Waals surface area contributed by atoms with Crippen molar-refractivity contribution >= 4 is 33.0 Å². The number of halogens is 2. The van der Waals surface area contributed by atoms with Crippen molar-refractivity contribution in [2.24, 2.45) is 0 Å². The van der Waals surface area contributed by atoms with Crippen LogP contribution in [0.4, 0.5) is 9.18 Å². The van der Waals surface area contributed by atoms with E-state index in [1.54, 1.807) is 26.8 Å². The van der Waals surface area contributed by atoms with Gasteiger partial charge >= 0.3 is 6.16 Å². The summed E-state index contributed by atoms with van der Waals surface area (Å²) in [7, 11) is 0. The van der Waals surface area contributed by atoms with Crippen LogP contribution in [0, 0.1) is 5.82 Å². The fourth-order valence-electron chi connectivity index (χ4n) is 1.99. The van der Waals surface area contributed by atoms with Crippen molar-refractivity contribution in [2.75, 3.05) is 13.2 Å². The number of aryl methyl sites for hydroxylation is 1. The third-order valence-electron chi connectivity index (χ3n) is 2.98. The summed E-state index contributed by atoms with van der Waals surface area (Å²) < 4.78 is 30.2. The molecule has 1 heterocycles. The number of benzene rings is 1. The first-order valence-corrected chi connectivity index (χ1v) is 8.63. The number of carbonyl (C=O) groups is 1. The number of ether oxygens (including phenoxy) is 3. The number of hydrogen-bond acceptors (Lipinski definition) is 6. The van der Waals surface area contributed by atoms with Crippen molar-refractivity contribution in [1.29, 1.82) is 0 Å². The predicted octanol–water partition coefficient (Wildman–Crippen LogP) is 4.42. The van der Waals surface area contributed by atoms with Crippen molar-refractivity contribution < 1.29 is 23.4 Å². The van der Waals surface area contributed by atoms with Gasteiger partial charge in [0.15, 0.2) is 5.82 Å². The molecule has 0 saturated heterocycles. The van der Waals surface area contributed by atoms with E-state index >= 15 is 0 Å². The van der Waals surface area contributed by atoms with E-state index in [9.17, 15) is 9.18 Å². The number of aromatic nitrogens is 2. The molecule has 25 heavy (non-hydrogen) atoms. The van der Waals surface area contributed by atoms with Gasteiger partial charge in [-0.3, -0.25) is 0 Å². The fourth-order valence-corrected chi connectivity index (χ4v) is 2.41. The van der Waals surface area contributed by atoms with E-state index in [1.165, 1.54) is 6.07 Å². The molecular formula is C17H20BrFN2O4. The minimum absolute atomic E-state index is 0.0155. The van der Waals surface area contributed by atoms with Crippen LogP contribution in [0.25, 0.3) is 10.9 Å². The van der Waals surface area contributed by atoms with Crippen LogP contribution in [0.5, 0.6) is 5.88 Å². The quantitative estimate of drug-likeness (QED) is 0.532. The van der Waals surface area contributed by atoms with Gasteiger partial charge in [-0.25, -0.2) is 14.2 Å². The number of carbonyl (C=O) groups excluding carboxylic acids is 1. The van der Waals surface area contributed by atoms with Gasteiger partial charge in [-0.1, -0.05) is 22.9 Å². The summed E-state index contributed by atoms with van der Waals surface area (Å²) in [6.45, 7) is 7.15. The Bertz CT molecular complexity index is 777. The Labute approximate surface area is 153 Å². The first kappa shape index (κ1) is 19.4. The molecule has 1 aromatic carbocycles. The molecule has 1 aromatic heterocycles. The van der Waals surface area contributed by atoms with Gasteiger partial charge in [0.2, 0.25) is 5.88 Å². The molecule has 0 aliphatic heterocycles. The summed E-state index contributed by atoms with van der Waals surface area (Å²) in [6.07, 6.45) is -0.234. The second-order valence-corrected chi connectivity index (χ2v) is 7.16. The summed E-state index contributed by atoms with van der Waals surface area (Å²) in [6, 6.07) is 3.02. The first-order chi connectivity index (χ1) is 11.7. The van der Waals surface area contributed by atoms with E-state index in [4.69, 9.17) is 14.2 Å². The molecule has 0 fully saturated rings. The normalized spacial score (nSPS) is 11.4. The summed E-state index contributed by atoms with van der Waals surface area (Å²) in [4.78, 5) is 20.0. The molecule has 0 spiro atoms. The van der Waals surface area contributed by atoms with E-state index in [2.05, 4.69) is 25.9 Å². The first-order valence-electron chi connectivity index (χ1n) is 7.84. The Morgan fingerprint density at radius 1 is 1.24 bits per heavy atom. The van der Waals surface area contributed by atoms with Crippen molar-refractivity contribution in [3.05, 3.63) is 28.2 Å². The maximum Gasteiger partial charge on any atom is 0.508 e. The molecule has 6 nitrogen and oxygen atoms in total. The van der Waals surface area contributed by atoms with Gasteiger partial charge in [0.1, 0.15) is 30.2 Å². The maximum atomic E-state index is 14.1. The zero-order valence-electron chi connectivity index (χ0n) is 14.6. The molecule has 2 aromatic rings. The Kier molecular flexibility index (Phi) is 6.16. The molecule has 0 aliphatic carbocycles. The largest absolute Gasteiger partial charge is 0.508 e. The molecule has 0 radical (unpaired) electrons. The summed E-state index contributed by atoms with van der Waals surface area (Å²) in [5.41, 5.74) is -0.432. The number of hydrogen-bond donors (Lipinski definition) is 0. The van der Waals surface area contributed by atoms with Crippen LogP contribution in [0.1, 0.15) is 33.5 Å². The average molecular weight is 415 g/mol. The molecule has 0 N–H and O–H groups in total. The molecule has 0 bridgehead atoms. The zero-order valence-corrected chi connectivity index (χ0v) is 16.1. The number of rotatable bonds is 5. The maximum absolute atomic E-state index is 14.1. The van der Waals surface area contributed by atoms with Gasteiger partial charge in [0.05, 0.1) is 5.39 Å². The zero-order chi connectivity index (χ0) is 18.6. The van der Waals surface area contributed by atoms with Crippen LogP contribution in [0.15, 0.2) is 16.6 Å². The van der Waals surface area contributed by atoms with E-state index in [1.807, 2.05) is 6.92 Å². The van der Waals surface area contributed by atoms with Gasteiger partial charge in [0, 0.05) is 10.9 Å². The van der Waals surface area contributed by atoms with Crippen LogP contribution in [-0.2, 0) is 15.9 Å². The standard InChI is InChI=1S/C17H20BrFN2O4/c1-5-13-20-14-11(8-10(18)9-12(14)19)15(21-13)23-6-7-24-16(22)25-17(2,3)4/h8-9H,5-7H2,1-4H3. The van der Waals surface area contributed by atoms with Crippen molar-refractivity contribution in [1.82, 2.24) is 9.97 Å². The van der Waals surface area contributed by atoms with E-state index < -0.39 is 17.6 Å². The molecule has 0 saturated carbocycles. The number of fused-ring (bicyclic) bond motifs is 1. The lowest BCUT2D eigenvalue weighted by molar-refractivity contribution is -0.0115. The van der Waals surface area contributed by atoms with Gasteiger partial charge in [-0.2, -0.15) is 4.98 Å². The average Bonchev–Trinajstić information content (AvgIpc) is 2.49.